The van der Waals surface area contributed by atoms with Crippen molar-refractivity contribution >= 4 is 17.3 Å². The van der Waals surface area contributed by atoms with E-state index in [1.807, 2.05) is 0 Å². The van der Waals surface area contributed by atoms with Gasteiger partial charge in [0.25, 0.3) is 0 Å². The number of hydrogen-bond acceptors (Lipinski definition) is 2. The fraction of sp³-hybridized carbons (Fsp3) is 0.600. The van der Waals surface area contributed by atoms with Crippen LogP contribution in [-0.2, 0) is 6.54 Å². The van der Waals surface area contributed by atoms with Crippen LogP contribution in [0.1, 0.15) is 32.8 Å². The molecule has 0 unspecified atom stereocenters. The van der Waals surface area contributed by atoms with Gasteiger partial charge in [-0.15, -0.1) is 0 Å². The van der Waals surface area contributed by atoms with Gasteiger partial charge in [-0.25, -0.2) is 0 Å². The zero-order chi connectivity index (χ0) is 13.5. The lowest BCUT2D eigenvalue weighted by molar-refractivity contribution is 0.552. The molecule has 0 aliphatic carbocycles. The maximum absolute atomic E-state index is 6.33. The molecule has 0 fully saturated rings. The van der Waals surface area contributed by atoms with Crippen molar-refractivity contribution in [2.45, 2.75) is 33.7 Å². The molecule has 3 heteroatoms. The molecule has 0 aliphatic heterocycles. The maximum atomic E-state index is 6.33. The van der Waals surface area contributed by atoms with Crippen molar-refractivity contribution in [3.8, 4) is 0 Å². The topological polar surface area (TPSA) is 15.3 Å². The first-order valence-corrected chi connectivity index (χ1v) is 7.12. The molecule has 0 saturated carbocycles. The minimum Gasteiger partial charge on any atom is -0.373 e. The van der Waals surface area contributed by atoms with Crippen LogP contribution in [0.15, 0.2) is 18.2 Å². The van der Waals surface area contributed by atoms with Crippen LogP contribution in [0.25, 0.3) is 0 Å². The third-order valence-corrected chi connectivity index (χ3v) is 3.17. The molecule has 0 aliphatic rings. The lowest BCUT2D eigenvalue weighted by Gasteiger charge is -2.20. The smallest absolute Gasteiger partial charge is 0.0642 e. The normalized spacial score (nSPS) is 11.0. The van der Waals surface area contributed by atoms with E-state index in [0.29, 0.717) is 5.92 Å². The third-order valence-electron chi connectivity index (χ3n) is 2.86. The molecule has 2 nitrogen and oxygen atoms in total. The number of anilines is 1. The molecule has 0 amide bonds. The summed E-state index contributed by atoms with van der Waals surface area (Å²) in [6, 6.07) is 6.33. The molecular formula is C15H25ClN2. The van der Waals surface area contributed by atoms with E-state index >= 15 is 0 Å². The van der Waals surface area contributed by atoms with Crippen molar-refractivity contribution in [1.29, 1.82) is 0 Å². The summed E-state index contributed by atoms with van der Waals surface area (Å²) in [4.78, 5) is 2.20. The molecule has 1 aromatic carbocycles. The second-order valence-electron chi connectivity index (χ2n) is 5.23. The molecule has 0 saturated heterocycles. The second-order valence-corrected chi connectivity index (χ2v) is 5.64. The zero-order valence-electron chi connectivity index (χ0n) is 12.0. The van der Waals surface area contributed by atoms with Crippen LogP contribution < -0.4 is 10.2 Å². The third kappa shape index (κ3) is 4.87. The van der Waals surface area contributed by atoms with E-state index in [-0.39, 0.29) is 0 Å². The van der Waals surface area contributed by atoms with E-state index < -0.39 is 0 Å². The number of rotatable bonds is 7. The number of halogens is 1. The van der Waals surface area contributed by atoms with E-state index in [2.05, 4.69) is 56.2 Å². The van der Waals surface area contributed by atoms with E-state index in [0.717, 1.165) is 36.8 Å². The van der Waals surface area contributed by atoms with Crippen LogP contribution in [0.3, 0.4) is 0 Å². The molecule has 0 radical (unpaired) electrons. The second kappa shape index (κ2) is 7.65. The molecule has 1 rings (SSSR count). The van der Waals surface area contributed by atoms with Crippen molar-refractivity contribution in [1.82, 2.24) is 5.32 Å². The fourth-order valence-electron chi connectivity index (χ4n) is 1.93. The van der Waals surface area contributed by atoms with Gasteiger partial charge < -0.3 is 10.2 Å². The monoisotopic (exact) mass is 268 g/mol. The molecular weight excluding hydrogens is 244 g/mol. The van der Waals surface area contributed by atoms with Crippen molar-refractivity contribution in [3.05, 3.63) is 28.8 Å². The van der Waals surface area contributed by atoms with Gasteiger partial charge in [0.1, 0.15) is 0 Å². The van der Waals surface area contributed by atoms with Gasteiger partial charge in [-0.2, -0.15) is 0 Å². The summed E-state index contributed by atoms with van der Waals surface area (Å²) in [6.07, 6.45) is 1.13. The summed E-state index contributed by atoms with van der Waals surface area (Å²) in [6.45, 7) is 9.55. The summed E-state index contributed by atoms with van der Waals surface area (Å²) in [5.41, 5.74) is 2.36. The molecule has 0 bridgehead atoms. The summed E-state index contributed by atoms with van der Waals surface area (Å²) < 4.78 is 0. The Labute approximate surface area is 116 Å². The SMILES string of the molecule is CCCN(C)c1ccc(CNCC(C)C)cc1Cl. The number of nitrogens with zero attached hydrogens (tertiary/aromatic N) is 1. The first-order valence-electron chi connectivity index (χ1n) is 6.74. The van der Waals surface area contributed by atoms with Gasteiger partial charge in [0.2, 0.25) is 0 Å². The quantitative estimate of drug-likeness (QED) is 0.806. The van der Waals surface area contributed by atoms with Crippen LogP contribution in [0.5, 0.6) is 0 Å². The largest absolute Gasteiger partial charge is 0.373 e. The van der Waals surface area contributed by atoms with E-state index in [1.54, 1.807) is 0 Å². The van der Waals surface area contributed by atoms with Crippen molar-refractivity contribution in [3.63, 3.8) is 0 Å². The Balaban J connectivity index is 2.61. The van der Waals surface area contributed by atoms with Gasteiger partial charge in [0.15, 0.2) is 0 Å². The first-order chi connectivity index (χ1) is 8.54. The summed E-state index contributed by atoms with van der Waals surface area (Å²) >= 11 is 6.33. The molecule has 18 heavy (non-hydrogen) atoms. The Bertz CT molecular complexity index is 364. The highest BCUT2D eigenvalue weighted by Crippen LogP contribution is 2.26. The Kier molecular flexibility index (Phi) is 6.51. The maximum Gasteiger partial charge on any atom is 0.0642 e. The van der Waals surface area contributed by atoms with Gasteiger partial charge in [-0.1, -0.05) is 38.4 Å². The van der Waals surface area contributed by atoms with Crippen LogP contribution >= 0.6 is 11.6 Å². The first kappa shape index (κ1) is 15.3. The minimum absolute atomic E-state index is 0.676. The summed E-state index contributed by atoms with van der Waals surface area (Å²) in [5.74, 6) is 0.676. The van der Waals surface area contributed by atoms with Crippen molar-refractivity contribution < 1.29 is 0 Å². The van der Waals surface area contributed by atoms with Crippen molar-refractivity contribution in [2.75, 3.05) is 25.0 Å². The average Bonchev–Trinajstić information content (AvgIpc) is 2.28. The number of benzene rings is 1. The van der Waals surface area contributed by atoms with E-state index in [1.165, 1.54) is 5.56 Å². The highest BCUT2D eigenvalue weighted by molar-refractivity contribution is 6.33. The van der Waals surface area contributed by atoms with Gasteiger partial charge >= 0.3 is 0 Å². The Hall–Kier alpha value is -0.730. The highest BCUT2D eigenvalue weighted by atomic mass is 35.5. The van der Waals surface area contributed by atoms with Crippen LogP contribution in [0, 0.1) is 5.92 Å². The fourth-order valence-corrected chi connectivity index (χ4v) is 2.28. The zero-order valence-corrected chi connectivity index (χ0v) is 12.7. The number of nitrogens with one attached hydrogen (secondary N) is 1. The van der Waals surface area contributed by atoms with E-state index in [4.69, 9.17) is 11.6 Å². The molecule has 0 spiro atoms. The van der Waals surface area contributed by atoms with Gasteiger partial charge in [-0.05, 0) is 36.6 Å². The van der Waals surface area contributed by atoms with Crippen LogP contribution in [-0.4, -0.2) is 20.1 Å². The standard InChI is InChI=1S/C15H25ClN2/c1-5-8-18(4)15-7-6-13(9-14(15)16)11-17-10-12(2)3/h6-7,9,12,17H,5,8,10-11H2,1-4H3. The molecule has 0 aromatic heterocycles. The Morgan fingerprint density at radius 2 is 2.06 bits per heavy atom. The summed E-state index contributed by atoms with van der Waals surface area (Å²) in [5, 5.41) is 4.27. The van der Waals surface area contributed by atoms with Gasteiger partial charge in [0, 0.05) is 20.1 Å². The average molecular weight is 269 g/mol. The number of hydrogen-bond donors (Lipinski definition) is 1. The van der Waals surface area contributed by atoms with E-state index in [9.17, 15) is 0 Å². The Morgan fingerprint density at radius 3 is 2.61 bits per heavy atom. The predicted octanol–water partition coefficient (Wildman–Crippen LogP) is 3.93. The van der Waals surface area contributed by atoms with Crippen LogP contribution in [0.2, 0.25) is 5.02 Å². The van der Waals surface area contributed by atoms with Crippen molar-refractivity contribution in [2.24, 2.45) is 5.92 Å². The van der Waals surface area contributed by atoms with Gasteiger partial charge in [-0.3, -0.25) is 0 Å². The molecule has 1 aromatic rings. The lowest BCUT2D eigenvalue weighted by atomic mass is 10.1. The molecule has 102 valence electrons. The lowest BCUT2D eigenvalue weighted by Crippen LogP contribution is -2.20. The predicted molar refractivity (Wildman–Crippen MR) is 81.6 cm³/mol. The van der Waals surface area contributed by atoms with Gasteiger partial charge in [0.05, 0.1) is 10.7 Å². The Morgan fingerprint density at radius 1 is 1.33 bits per heavy atom. The molecule has 1 N–H and O–H groups in total. The molecule has 0 heterocycles. The van der Waals surface area contributed by atoms with Crippen LogP contribution in [0.4, 0.5) is 5.69 Å². The molecule has 0 atom stereocenters. The minimum atomic E-state index is 0.676. The highest BCUT2D eigenvalue weighted by Gasteiger charge is 2.06. The summed E-state index contributed by atoms with van der Waals surface area (Å²) in [7, 11) is 2.08.